The van der Waals surface area contributed by atoms with Crippen molar-refractivity contribution in [2.24, 2.45) is 5.73 Å². The largest absolute Gasteiger partial charge is 0.496 e. The third kappa shape index (κ3) is 3.19. The van der Waals surface area contributed by atoms with Crippen LogP contribution >= 0.6 is 11.3 Å². The second-order valence-corrected chi connectivity index (χ2v) is 5.19. The van der Waals surface area contributed by atoms with Crippen LogP contribution in [-0.2, 0) is 13.0 Å². The molecule has 0 atom stereocenters. The average Bonchev–Trinajstić information content (AvgIpc) is 2.88. The van der Waals surface area contributed by atoms with Gasteiger partial charge in [-0.15, -0.1) is 11.3 Å². The standard InChI is InChI=1S/C14H16N2O2S/c1-9-3-4-13(18-2)10(5-9)6-12(17)11-8-19-14(7-15)16-11/h3-5,8H,6-7,15H2,1-2H3. The summed E-state index contributed by atoms with van der Waals surface area (Å²) in [4.78, 5) is 16.4. The first-order valence-electron chi connectivity index (χ1n) is 5.95. The van der Waals surface area contributed by atoms with Crippen molar-refractivity contribution in [1.82, 2.24) is 4.98 Å². The second-order valence-electron chi connectivity index (χ2n) is 4.25. The first-order chi connectivity index (χ1) is 9.13. The van der Waals surface area contributed by atoms with Gasteiger partial charge in [0, 0.05) is 23.9 Å². The molecule has 4 nitrogen and oxygen atoms in total. The van der Waals surface area contributed by atoms with E-state index >= 15 is 0 Å². The fraction of sp³-hybridized carbons (Fsp3) is 0.286. The zero-order valence-corrected chi connectivity index (χ0v) is 11.8. The highest BCUT2D eigenvalue weighted by Crippen LogP contribution is 2.22. The molecule has 0 aliphatic carbocycles. The number of nitrogens with two attached hydrogens (primary N) is 1. The highest BCUT2D eigenvalue weighted by molar-refractivity contribution is 7.09. The van der Waals surface area contributed by atoms with E-state index < -0.39 is 0 Å². The van der Waals surface area contributed by atoms with Crippen LogP contribution in [0, 0.1) is 6.92 Å². The van der Waals surface area contributed by atoms with E-state index in [0.717, 1.165) is 21.9 Å². The molecule has 1 aromatic heterocycles. The van der Waals surface area contributed by atoms with Crippen LogP contribution in [0.2, 0.25) is 0 Å². The van der Waals surface area contributed by atoms with Gasteiger partial charge in [-0.25, -0.2) is 4.98 Å². The van der Waals surface area contributed by atoms with Gasteiger partial charge in [-0.3, -0.25) is 4.79 Å². The lowest BCUT2D eigenvalue weighted by Gasteiger charge is -2.08. The number of methoxy groups -OCH3 is 1. The number of ketones is 1. The van der Waals surface area contributed by atoms with Crippen LogP contribution in [0.4, 0.5) is 0 Å². The first-order valence-corrected chi connectivity index (χ1v) is 6.83. The number of hydrogen-bond acceptors (Lipinski definition) is 5. The summed E-state index contributed by atoms with van der Waals surface area (Å²) in [5.74, 6) is 0.716. The van der Waals surface area contributed by atoms with Crippen molar-refractivity contribution in [3.05, 3.63) is 45.4 Å². The number of rotatable bonds is 5. The number of hydrogen-bond donors (Lipinski definition) is 1. The fourth-order valence-electron chi connectivity index (χ4n) is 1.84. The molecule has 1 aromatic carbocycles. The number of thiazole rings is 1. The molecule has 0 aliphatic rings. The van der Waals surface area contributed by atoms with E-state index in [1.165, 1.54) is 11.3 Å². The molecule has 2 aromatic rings. The van der Waals surface area contributed by atoms with E-state index in [2.05, 4.69) is 4.98 Å². The lowest BCUT2D eigenvalue weighted by molar-refractivity contribution is 0.0988. The predicted octanol–water partition coefficient (Wildman–Crippen LogP) is 2.34. The molecule has 0 saturated carbocycles. The minimum atomic E-state index is -0.0140. The summed E-state index contributed by atoms with van der Waals surface area (Å²) in [6.07, 6.45) is 0.290. The van der Waals surface area contributed by atoms with E-state index in [1.54, 1.807) is 12.5 Å². The second kappa shape index (κ2) is 5.95. The van der Waals surface area contributed by atoms with Gasteiger partial charge in [-0.1, -0.05) is 17.7 Å². The minimum Gasteiger partial charge on any atom is -0.496 e. The summed E-state index contributed by atoms with van der Waals surface area (Å²) in [6, 6.07) is 5.80. The SMILES string of the molecule is COc1ccc(C)cc1CC(=O)c1csc(CN)n1. The Hall–Kier alpha value is -1.72. The van der Waals surface area contributed by atoms with Crippen molar-refractivity contribution in [3.8, 4) is 5.75 Å². The van der Waals surface area contributed by atoms with Crippen LogP contribution in [-0.4, -0.2) is 17.9 Å². The van der Waals surface area contributed by atoms with Crippen molar-refractivity contribution < 1.29 is 9.53 Å². The fourth-order valence-corrected chi connectivity index (χ4v) is 2.52. The summed E-state index contributed by atoms with van der Waals surface area (Å²) in [6.45, 7) is 2.36. The Morgan fingerprint density at radius 3 is 2.89 bits per heavy atom. The third-order valence-electron chi connectivity index (χ3n) is 2.80. The Morgan fingerprint density at radius 1 is 1.47 bits per heavy atom. The molecule has 2 rings (SSSR count). The molecular weight excluding hydrogens is 260 g/mol. The smallest absolute Gasteiger partial charge is 0.186 e. The molecule has 5 heteroatoms. The summed E-state index contributed by atoms with van der Waals surface area (Å²) < 4.78 is 5.27. The molecule has 0 fully saturated rings. The van der Waals surface area contributed by atoms with Gasteiger partial charge in [0.15, 0.2) is 5.78 Å². The molecule has 2 N–H and O–H groups in total. The molecule has 19 heavy (non-hydrogen) atoms. The zero-order valence-electron chi connectivity index (χ0n) is 11.0. The lowest BCUT2D eigenvalue weighted by Crippen LogP contribution is -2.06. The van der Waals surface area contributed by atoms with E-state index in [0.29, 0.717) is 18.7 Å². The zero-order chi connectivity index (χ0) is 13.8. The molecule has 0 amide bonds. The van der Waals surface area contributed by atoms with Gasteiger partial charge in [-0.05, 0) is 13.0 Å². The van der Waals surface area contributed by atoms with Crippen LogP contribution in [0.5, 0.6) is 5.75 Å². The van der Waals surface area contributed by atoms with Crippen LogP contribution < -0.4 is 10.5 Å². The number of carbonyl (C=O) groups is 1. The Bertz CT molecular complexity index is 593. The Labute approximate surface area is 116 Å². The van der Waals surface area contributed by atoms with Gasteiger partial charge in [0.25, 0.3) is 0 Å². The minimum absolute atomic E-state index is 0.0140. The quantitative estimate of drug-likeness (QED) is 0.851. The van der Waals surface area contributed by atoms with Gasteiger partial charge in [0.1, 0.15) is 16.5 Å². The third-order valence-corrected chi connectivity index (χ3v) is 3.67. The number of aryl methyl sites for hydroxylation is 1. The number of carbonyl (C=O) groups excluding carboxylic acids is 1. The van der Waals surface area contributed by atoms with Gasteiger partial charge < -0.3 is 10.5 Å². The molecular formula is C14H16N2O2S. The number of benzene rings is 1. The van der Waals surface area contributed by atoms with Crippen molar-refractivity contribution >= 4 is 17.1 Å². The van der Waals surface area contributed by atoms with Crippen LogP contribution in [0.15, 0.2) is 23.6 Å². The van der Waals surface area contributed by atoms with Crippen LogP contribution in [0.1, 0.15) is 26.6 Å². The summed E-state index contributed by atoms with van der Waals surface area (Å²) in [7, 11) is 1.61. The number of aromatic nitrogens is 1. The Kier molecular flexibility index (Phi) is 4.29. The molecule has 1 heterocycles. The number of nitrogens with zero attached hydrogens (tertiary/aromatic N) is 1. The summed E-state index contributed by atoms with van der Waals surface area (Å²) in [5, 5.41) is 2.53. The highest BCUT2D eigenvalue weighted by atomic mass is 32.1. The average molecular weight is 276 g/mol. The van der Waals surface area contributed by atoms with E-state index in [4.69, 9.17) is 10.5 Å². The maximum atomic E-state index is 12.2. The molecule has 100 valence electrons. The molecule has 0 saturated heterocycles. The molecule has 0 spiro atoms. The summed E-state index contributed by atoms with van der Waals surface area (Å²) in [5.41, 5.74) is 7.96. The molecule has 0 bridgehead atoms. The number of ether oxygens (including phenoxy) is 1. The molecule has 0 radical (unpaired) electrons. The topological polar surface area (TPSA) is 65.2 Å². The van der Waals surface area contributed by atoms with Crippen LogP contribution in [0.25, 0.3) is 0 Å². The van der Waals surface area contributed by atoms with Crippen molar-refractivity contribution in [1.29, 1.82) is 0 Å². The van der Waals surface area contributed by atoms with Crippen molar-refractivity contribution in [3.63, 3.8) is 0 Å². The van der Waals surface area contributed by atoms with Gasteiger partial charge >= 0.3 is 0 Å². The molecule has 0 unspecified atom stereocenters. The Balaban J connectivity index is 2.20. The van der Waals surface area contributed by atoms with Gasteiger partial charge in [0.05, 0.1) is 7.11 Å². The maximum Gasteiger partial charge on any atom is 0.186 e. The van der Waals surface area contributed by atoms with E-state index in [9.17, 15) is 4.79 Å². The van der Waals surface area contributed by atoms with E-state index in [-0.39, 0.29) is 5.78 Å². The van der Waals surface area contributed by atoms with Crippen molar-refractivity contribution in [2.45, 2.75) is 19.9 Å². The van der Waals surface area contributed by atoms with Gasteiger partial charge in [-0.2, -0.15) is 0 Å². The monoisotopic (exact) mass is 276 g/mol. The van der Waals surface area contributed by atoms with Crippen LogP contribution in [0.3, 0.4) is 0 Å². The summed E-state index contributed by atoms with van der Waals surface area (Å²) >= 11 is 1.41. The highest BCUT2D eigenvalue weighted by Gasteiger charge is 2.14. The number of Topliss-reactive ketones (excluding diaryl/α,β-unsaturated/α-hetero) is 1. The first kappa shape index (κ1) is 13.7. The normalized spacial score (nSPS) is 10.5. The van der Waals surface area contributed by atoms with Gasteiger partial charge in [0.2, 0.25) is 0 Å². The lowest BCUT2D eigenvalue weighted by atomic mass is 10.0. The predicted molar refractivity (Wildman–Crippen MR) is 75.8 cm³/mol. The van der Waals surface area contributed by atoms with E-state index in [1.807, 2.05) is 25.1 Å². The molecule has 0 aliphatic heterocycles. The Morgan fingerprint density at radius 2 is 2.26 bits per heavy atom. The van der Waals surface area contributed by atoms with Crippen molar-refractivity contribution in [2.75, 3.05) is 7.11 Å². The maximum absolute atomic E-state index is 12.2.